The highest BCUT2D eigenvalue weighted by Crippen LogP contribution is 2.56. The van der Waals surface area contributed by atoms with Crippen molar-refractivity contribution in [3.8, 4) is 0 Å². The summed E-state index contributed by atoms with van der Waals surface area (Å²) < 4.78 is 2.69. The van der Waals surface area contributed by atoms with Crippen LogP contribution in [-0.2, 0) is 20.6 Å². The van der Waals surface area contributed by atoms with Crippen molar-refractivity contribution in [2.24, 2.45) is 25.9 Å². The van der Waals surface area contributed by atoms with Crippen LogP contribution in [0.15, 0.2) is 46.1 Å². The topological polar surface area (TPSA) is 47.2 Å². The molecule has 1 saturated carbocycles. The lowest BCUT2D eigenvalue weighted by Crippen LogP contribution is -2.40. The van der Waals surface area contributed by atoms with Crippen LogP contribution < -0.4 is 11.2 Å². The zero-order valence-corrected chi connectivity index (χ0v) is 13.5. The number of hydrogen-bond donors (Lipinski definition) is 0. The quantitative estimate of drug-likeness (QED) is 0.858. The van der Waals surface area contributed by atoms with Crippen molar-refractivity contribution in [1.82, 2.24) is 14.0 Å². The molecule has 1 aliphatic heterocycles. The molecule has 5 heteroatoms. The first-order valence-electron chi connectivity index (χ1n) is 8.11. The van der Waals surface area contributed by atoms with E-state index in [-0.39, 0.29) is 11.2 Å². The molecule has 23 heavy (non-hydrogen) atoms. The first-order chi connectivity index (χ1) is 11.1. The number of nitrogens with zero attached hydrogens (tertiary/aromatic N) is 3. The Morgan fingerprint density at radius 2 is 1.87 bits per heavy atom. The van der Waals surface area contributed by atoms with Crippen LogP contribution in [0, 0.1) is 11.8 Å². The molecule has 120 valence electrons. The van der Waals surface area contributed by atoms with E-state index >= 15 is 0 Å². The van der Waals surface area contributed by atoms with E-state index in [9.17, 15) is 9.59 Å². The number of likely N-dealkylation sites (tertiary alicyclic amines) is 1. The second kappa shape index (κ2) is 5.20. The zero-order chi connectivity index (χ0) is 16.1. The van der Waals surface area contributed by atoms with Crippen LogP contribution in [0.1, 0.15) is 23.6 Å². The summed E-state index contributed by atoms with van der Waals surface area (Å²) in [5.74, 6) is 1.48. The van der Waals surface area contributed by atoms with E-state index < -0.39 is 0 Å². The van der Waals surface area contributed by atoms with Gasteiger partial charge in [-0.3, -0.25) is 14.3 Å². The molecule has 5 nitrogen and oxygen atoms in total. The van der Waals surface area contributed by atoms with Gasteiger partial charge in [-0.1, -0.05) is 30.3 Å². The van der Waals surface area contributed by atoms with Crippen molar-refractivity contribution >= 4 is 0 Å². The molecule has 2 aromatic rings. The molecule has 0 unspecified atom stereocenters. The van der Waals surface area contributed by atoms with E-state index in [0.29, 0.717) is 24.1 Å². The van der Waals surface area contributed by atoms with Gasteiger partial charge >= 0.3 is 5.69 Å². The van der Waals surface area contributed by atoms with Crippen LogP contribution in [0.5, 0.6) is 0 Å². The van der Waals surface area contributed by atoms with E-state index in [1.54, 1.807) is 20.3 Å². The maximum absolute atomic E-state index is 12.4. The highest BCUT2D eigenvalue weighted by molar-refractivity contribution is 5.25. The summed E-state index contributed by atoms with van der Waals surface area (Å²) in [6.45, 7) is 1.64. The predicted octanol–water partition coefficient (Wildman–Crippen LogP) is 1.28. The number of rotatable bonds is 3. The molecule has 3 atom stereocenters. The average molecular weight is 311 g/mol. The van der Waals surface area contributed by atoms with Crippen LogP contribution in [0.2, 0.25) is 0 Å². The third kappa shape index (κ3) is 2.36. The fourth-order valence-corrected chi connectivity index (χ4v) is 4.03. The highest BCUT2D eigenvalue weighted by Gasteiger charge is 2.52. The van der Waals surface area contributed by atoms with Gasteiger partial charge in [0.15, 0.2) is 0 Å². The van der Waals surface area contributed by atoms with Crippen molar-refractivity contribution in [2.45, 2.75) is 19.0 Å². The smallest absolute Gasteiger partial charge is 0.303 e. The Labute approximate surface area is 134 Å². The Morgan fingerprint density at radius 3 is 2.61 bits per heavy atom. The monoisotopic (exact) mass is 311 g/mol. The second-order valence-corrected chi connectivity index (χ2v) is 6.86. The van der Waals surface area contributed by atoms with E-state index in [2.05, 4.69) is 29.2 Å². The second-order valence-electron chi connectivity index (χ2n) is 6.86. The summed E-state index contributed by atoms with van der Waals surface area (Å²) >= 11 is 0. The minimum Gasteiger partial charge on any atom is -0.303 e. The number of aromatic nitrogens is 2. The van der Waals surface area contributed by atoms with Gasteiger partial charge in [0.2, 0.25) is 0 Å². The Bertz CT molecular complexity index is 853. The predicted molar refractivity (Wildman–Crippen MR) is 88.1 cm³/mol. The van der Waals surface area contributed by atoms with E-state index in [0.717, 1.165) is 12.5 Å². The van der Waals surface area contributed by atoms with Crippen LogP contribution in [0.4, 0.5) is 0 Å². The molecule has 1 aromatic heterocycles. The SMILES string of the molecule is Cn1cc(CN2C[C@@H]3C[C@@H]3[C@@H]2c2ccccc2)c(=O)n(C)c1=O. The van der Waals surface area contributed by atoms with Gasteiger partial charge in [0, 0.05) is 45.0 Å². The lowest BCUT2D eigenvalue weighted by atomic mass is 10.0. The summed E-state index contributed by atoms with van der Waals surface area (Å²) in [5, 5.41) is 0. The summed E-state index contributed by atoms with van der Waals surface area (Å²) in [6.07, 6.45) is 2.98. The van der Waals surface area contributed by atoms with Crippen molar-refractivity contribution in [1.29, 1.82) is 0 Å². The number of hydrogen-bond acceptors (Lipinski definition) is 3. The normalized spacial score (nSPS) is 26.3. The highest BCUT2D eigenvalue weighted by atomic mass is 16.2. The van der Waals surface area contributed by atoms with Gasteiger partial charge in [-0.15, -0.1) is 0 Å². The van der Waals surface area contributed by atoms with Crippen molar-refractivity contribution in [2.75, 3.05) is 6.54 Å². The Morgan fingerprint density at radius 1 is 1.13 bits per heavy atom. The fourth-order valence-electron chi connectivity index (χ4n) is 4.03. The Kier molecular flexibility index (Phi) is 3.27. The molecule has 1 aliphatic carbocycles. The van der Waals surface area contributed by atoms with Gasteiger partial charge in [-0.2, -0.15) is 0 Å². The minimum atomic E-state index is -0.275. The third-order valence-corrected chi connectivity index (χ3v) is 5.28. The molecule has 2 fully saturated rings. The van der Waals surface area contributed by atoms with Crippen LogP contribution in [0.3, 0.4) is 0 Å². The summed E-state index contributed by atoms with van der Waals surface area (Å²) in [7, 11) is 3.24. The van der Waals surface area contributed by atoms with Crippen molar-refractivity contribution in [3.63, 3.8) is 0 Å². The largest absolute Gasteiger partial charge is 0.330 e. The van der Waals surface area contributed by atoms with E-state index in [1.165, 1.54) is 21.1 Å². The van der Waals surface area contributed by atoms with E-state index in [1.807, 2.05) is 6.07 Å². The first kappa shape index (κ1) is 14.5. The van der Waals surface area contributed by atoms with Crippen LogP contribution in [-0.4, -0.2) is 20.6 Å². The van der Waals surface area contributed by atoms with E-state index in [4.69, 9.17) is 0 Å². The van der Waals surface area contributed by atoms with Crippen LogP contribution >= 0.6 is 0 Å². The lowest BCUT2D eigenvalue weighted by molar-refractivity contribution is 0.211. The lowest BCUT2D eigenvalue weighted by Gasteiger charge is -2.27. The number of aryl methyl sites for hydroxylation is 1. The third-order valence-electron chi connectivity index (χ3n) is 5.28. The van der Waals surface area contributed by atoms with Gasteiger partial charge in [0.25, 0.3) is 5.56 Å². The maximum atomic E-state index is 12.4. The minimum absolute atomic E-state index is 0.180. The molecular weight excluding hydrogens is 290 g/mol. The first-order valence-corrected chi connectivity index (χ1v) is 8.11. The maximum Gasteiger partial charge on any atom is 0.330 e. The number of benzene rings is 1. The molecule has 1 aromatic carbocycles. The van der Waals surface area contributed by atoms with Gasteiger partial charge in [0.1, 0.15) is 0 Å². The van der Waals surface area contributed by atoms with Gasteiger partial charge < -0.3 is 4.57 Å². The average Bonchev–Trinajstić information content (AvgIpc) is 3.22. The molecule has 2 aliphatic rings. The fraction of sp³-hybridized carbons (Fsp3) is 0.444. The van der Waals surface area contributed by atoms with Crippen LogP contribution in [0.25, 0.3) is 0 Å². The molecule has 0 amide bonds. The van der Waals surface area contributed by atoms with Gasteiger partial charge in [-0.05, 0) is 23.8 Å². The molecular formula is C18H21N3O2. The Hall–Kier alpha value is -2.14. The molecule has 0 spiro atoms. The molecule has 1 saturated heterocycles. The molecule has 2 heterocycles. The summed E-state index contributed by atoms with van der Waals surface area (Å²) in [4.78, 5) is 26.6. The standard InChI is InChI=1S/C18H21N3O2/c1-19-9-14(17(22)20(2)18(19)23)11-21-10-13-8-15(13)16(21)12-6-4-3-5-7-12/h3-7,9,13,15-16H,8,10-11H2,1-2H3/t13-,15-,16-/m0/s1. The molecule has 0 bridgehead atoms. The Balaban J connectivity index is 1.67. The molecule has 4 rings (SSSR count). The molecule has 0 radical (unpaired) electrons. The summed E-state index contributed by atoms with van der Waals surface area (Å²) in [6, 6.07) is 10.9. The molecule has 0 N–H and O–H groups in total. The number of fused-ring (bicyclic) bond motifs is 1. The summed E-state index contributed by atoms with van der Waals surface area (Å²) in [5.41, 5.74) is 1.57. The zero-order valence-electron chi connectivity index (χ0n) is 13.5. The van der Waals surface area contributed by atoms with Crippen molar-refractivity contribution < 1.29 is 0 Å². The van der Waals surface area contributed by atoms with Gasteiger partial charge in [-0.25, -0.2) is 4.79 Å². The van der Waals surface area contributed by atoms with Gasteiger partial charge in [0.05, 0.1) is 0 Å². The number of piperidine rings is 1. The van der Waals surface area contributed by atoms with Crippen molar-refractivity contribution in [3.05, 3.63) is 68.5 Å².